The summed E-state index contributed by atoms with van der Waals surface area (Å²) in [4.78, 5) is 11.8. The lowest BCUT2D eigenvalue weighted by Gasteiger charge is -2.17. The van der Waals surface area contributed by atoms with Gasteiger partial charge >= 0.3 is 18.5 Å². The van der Waals surface area contributed by atoms with Crippen molar-refractivity contribution in [3.63, 3.8) is 0 Å². The molecule has 2 rings (SSSR count). The van der Waals surface area contributed by atoms with E-state index < -0.39 is 40.9 Å². The highest BCUT2D eigenvalue weighted by atomic mass is 19.4. The zero-order valence-electron chi connectivity index (χ0n) is 12.5. The van der Waals surface area contributed by atoms with Gasteiger partial charge in [0.05, 0.1) is 18.2 Å². The van der Waals surface area contributed by atoms with Crippen molar-refractivity contribution in [3.8, 4) is 16.9 Å². The van der Waals surface area contributed by atoms with Gasteiger partial charge in [-0.15, -0.1) is 13.2 Å². The van der Waals surface area contributed by atoms with Crippen LogP contribution in [0.25, 0.3) is 11.1 Å². The molecule has 0 aliphatic carbocycles. The Kier molecular flexibility index (Phi) is 4.96. The molecule has 0 aliphatic rings. The Morgan fingerprint density at radius 1 is 0.960 bits per heavy atom. The van der Waals surface area contributed by atoms with Crippen molar-refractivity contribution in [1.82, 2.24) is 0 Å². The van der Waals surface area contributed by atoms with E-state index in [4.69, 9.17) is 0 Å². The summed E-state index contributed by atoms with van der Waals surface area (Å²) in [5.74, 6) is -1.76. The number of halogens is 6. The minimum atomic E-state index is -5.01. The van der Waals surface area contributed by atoms with Crippen LogP contribution in [-0.4, -0.2) is 19.4 Å². The van der Waals surface area contributed by atoms with Crippen LogP contribution in [0.5, 0.6) is 5.75 Å². The molecule has 0 aromatic heterocycles. The molecule has 134 valence electrons. The number of rotatable bonds is 3. The normalized spacial score (nSPS) is 12.0. The monoisotopic (exact) mass is 364 g/mol. The Hall–Kier alpha value is -2.71. The van der Waals surface area contributed by atoms with E-state index in [2.05, 4.69) is 9.47 Å². The zero-order chi connectivity index (χ0) is 18.8. The number of benzene rings is 2. The first-order valence-corrected chi connectivity index (χ1v) is 6.67. The number of hydrogen-bond donors (Lipinski definition) is 0. The van der Waals surface area contributed by atoms with Gasteiger partial charge in [-0.3, -0.25) is 0 Å². The minimum Gasteiger partial charge on any atom is -0.465 e. The maximum absolute atomic E-state index is 13.3. The van der Waals surface area contributed by atoms with E-state index in [9.17, 15) is 31.1 Å². The van der Waals surface area contributed by atoms with E-state index in [0.717, 1.165) is 49.6 Å². The maximum atomic E-state index is 13.3. The van der Waals surface area contributed by atoms with Crippen LogP contribution in [0.4, 0.5) is 26.3 Å². The van der Waals surface area contributed by atoms with Gasteiger partial charge in [0.1, 0.15) is 5.75 Å². The Labute approximate surface area is 137 Å². The van der Waals surface area contributed by atoms with Crippen molar-refractivity contribution < 1.29 is 40.6 Å². The van der Waals surface area contributed by atoms with E-state index >= 15 is 0 Å². The highest BCUT2D eigenvalue weighted by molar-refractivity contribution is 5.98. The largest absolute Gasteiger partial charge is 0.573 e. The molecule has 0 amide bonds. The second-order valence-corrected chi connectivity index (χ2v) is 4.79. The SMILES string of the molecule is COC(=O)c1cccc(C(F)(F)F)c1-c1cccc(OC(F)(F)F)c1. The Morgan fingerprint density at radius 3 is 2.16 bits per heavy atom. The quantitative estimate of drug-likeness (QED) is 0.564. The van der Waals surface area contributed by atoms with Crippen molar-refractivity contribution >= 4 is 5.97 Å². The van der Waals surface area contributed by atoms with Crippen molar-refractivity contribution in [2.45, 2.75) is 12.5 Å². The van der Waals surface area contributed by atoms with Crippen LogP contribution in [-0.2, 0) is 10.9 Å². The van der Waals surface area contributed by atoms with Crippen LogP contribution in [0.15, 0.2) is 42.5 Å². The van der Waals surface area contributed by atoms with E-state index in [0.29, 0.717) is 0 Å². The molecular formula is C16H10F6O3. The first-order chi connectivity index (χ1) is 11.5. The second kappa shape index (κ2) is 6.66. The molecule has 0 fully saturated rings. The number of ether oxygens (including phenoxy) is 2. The van der Waals surface area contributed by atoms with Gasteiger partial charge in [-0.05, 0) is 29.8 Å². The third-order valence-corrected chi connectivity index (χ3v) is 3.13. The number of hydrogen-bond acceptors (Lipinski definition) is 3. The fourth-order valence-corrected chi connectivity index (χ4v) is 2.23. The van der Waals surface area contributed by atoms with Crippen LogP contribution in [0, 0.1) is 0 Å². The molecule has 9 heteroatoms. The average molecular weight is 364 g/mol. The Morgan fingerprint density at radius 2 is 1.60 bits per heavy atom. The van der Waals surface area contributed by atoms with Crippen LogP contribution >= 0.6 is 0 Å². The Bertz CT molecular complexity index is 780. The van der Waals surface area contributed by atoms with Crippen LogP contribution in [0.2, 0.25) is 0 Å². The highest BCUT2D eigenvalue weighted by Crippen LogP contribution is 2.40. The average Bonchev–Trinajstić information content (AvgIpc) is 2.51. The molecule has 25 heavy (non-hydrogen) atoms. The molecule has 0 unspecified atom stereocenters. The molecule has 0 radical (unpaired) electrons. The maximum Gasteiger partial charge on any atom is 0.573 e. The van der Waals surface area contributed by atoms with E-state index in [1.165, 1.54) is 0 Å². The number of carbonyl (C=O) groups is 1. The predicted octanol–water partition coefficient (Wildman–Crippen LogP) is 5.06. The summed E-state index contributed by atoms with van der Waals surface area (Å²) in [6.07, 6.45) is -9.84. The van der Waals surface area contributed by atoms with Crippen molar-refractivity contribution in [1.29, 1.82) is 0 Å². The van der Waals surface area contributed by atoms with Crippen LogP contribution in [0.3, 0.4) is 0 Å². The summed E-state index contributed by atoms with van der Waals surface area (Å²) in [5, 5.41) is 0. The second-order valence-electron chi connectivity index (χ2n) is 4.79. The summed E-state index contributed by atoms with van der Waals surface area (Å²) < 4.78 is 85.0. The minimum absolute atomic E-state index is 0.268. The van der Waals surface area contributed by atoms with Gasteiger partial charge in [-0.2, -0.15) is 13.2 Å². The number of carbonyl (C=O) groups excluding carboxylic acids is 1. The molecule has 0 spiro atoms. The fraction of sp³-hybridized carbons (Fsp3) is 0.188. The highest BCUT2D eigenvalue weighted by Gasteiger charge is 2.36. The zero-order valence-corrected chi connectivity index (χ0v) is 12.5. The standard InChI is InChI=1S/C16H10F6O3/c1-24-14(23)11-6-3-7-12(15(17,18)19)13(11)9-4-2-5-10(8-9)25-16(20,21)22/h2-8H,1H3. The number of alkyl halides is 6. The van der Waals surface area contributed by atoms with Gasteiger partial charge in [0.2, 0.25) is 0 Å². The van der Waals surface area contributed by atoms with Gasteiger partial charge in [0.25, 0.3) is 0 Å². The molecule has 0 aliphatic heterocycles. The molecule has 0 saturated heterocycles. The van der Waals surface area contributed by atoms with Crippen LogP contribution in [0.1, 0.15) is 15.9 Å². The van der Waals surface area contributed by atoms with Gasteiger partial charge in [-0.25, -0.2) is 4.79 Å². The molecule has 0 N–H and O–H groups in total. The molecule has 0 saturated carbocycles. The van der Waals surface area contributed by atoms with E-state index in [1.54, 1.807) is 0 Å². The third kappa shape index (κ3) is 4.43. The summed E-state index contributed by atoms with van der Waals surface area (Å²) in [6, 6.07) is 6.75. The molecule has 0 bridgehead atoms. The summed E-state index contributed by atoms with van der Waals surface area (Å²) in [7, 11) is 0.982. The smallest absolute Gasteiger partial charge is 0.465 e. The number of methoxy groups -OCH3 is 1. The Balaban J connectivity index is 2.68. The first kappa shape index (κ1) is 18.6. The summed E-state index contributed by atoms with van der Waals surface area (Å²) in [5.41, 5.74) is -2.47. The van der Waals surface area contributed by atoms with E-state index in [-0.39, 0.29) is 5.56 Å². The van der Waals surface area contributed by atoms with Crippen LogP contribution < -0.4 is 4.74 Å². The van der Waals surface area contributed by atoms with Gasteiger partial charge in [-0.1, -0.05) is 18.2 Å². The van der Waals surface area contributed by atoms with Crippen molar-refractivity contribution in [2.75, 3.05) is 7.11 Å². The topological polar surface area (TPSA) is 35.5 Å². The van der Waals surface area contributed by atoms with Crippen molar-refractivity contribution in [2.24, 2.45) is 0 Å². The van der Waals surface area contributed by atoms with Gasteiger partial charge in [0.15, 0.2) is 0 Å². The molecule has 3 nitrogen and oxygen atoms in total. The third-order valence-electron chi connectivity index (χ3n) is 3.13. The van der Waals surface area contributed by atoms with Crippen molar-refractivity contribution in [3.05, 3.63) is 53.6 Å². The molecule has 0 atom stereocenters. The first-order valence-electron chi connectivity index (χ1n) is 6.67. The number of esters is 1. The fourth-order valence-electron chi connectivity index (χ4n) is 2.23. The molecule has 2 aromatic carbocycles. The molecular weight excluding hydrogens is 354 g/mol. The predicted molar refractivity (Wildman–Crippen MR) is 74.9 cm³/mol. The summed E-state index contributed by atoms with van der Waals surface area (Å²) in [6.45, 7) is 0. The summed E-state index contributed by atoms with van der Waals surface area (Å²) >= 11 is 0. The lowest BCUT2D eigenvalue weighted by atomic mass is 9.93. The van der Waals surface area contributed by atoms with Gasteiger partial charge in [0, 0.05) is 5.56 Å². The lowest BCUT2D eigenvalue weighted by molar-refractivity contribution is -0.274. The van der Waals surface area contributed by atoms with E-state index in [1.807, 2.05) is 0 Å². The molecule has 0 heterocycles. The molecule has 2 aromatic rings. The lowest BCUT2D eigenvalue weighted by Crippen LogP contribution is -2.17. The van der Waals surface area contributed by atoms with Gasteiger partial charge < -0.3 is 9.47 Å².